The third kappa shape index (κ3) is 3.51. The Bertz CT molecular complexity index is 293. The minimum absolute atomic E-state index is 0.0984. The first-order valence-corrected chi connectivity index (χ1v) is 5.75. The number of ether oxygens (including phenoxy) is 1. The number of methoxy groups -OCH3 is 1. The van der Waals surface area contributed by atoms with Crippen LogP contribution in [-0.4, -0.2) is 32.8 Å². The van der Waals surface area contributed by atoms with E-state index in [1.165, 1.54) is 11.3 Å². The molecule has 90 valence electrons. The van der Waals surface area contributed by atoms with Crippen molar-refractivity contribution in [2.45, 2.75) is 20.0 Å². The van der Waals surface area contributed by atoms with E-state index in [0.717, 1.165) is 13.1 Å². The first-order chi connectivity index (χ1) is 7.71. The van der Waals surface area contributed by atoms with Crippen molar-refractivity contribution in [2.24, 2.45) is 5.73 Å². The van der Waals surface area contributed by atoms with Crippen LogP contribution < -0.4 is 10.6 Å². The molecule has 0 saturated carbocycles. The molecule has 0 saturated heterocycles. The number of anilines is 1. The van der Waals surface area contributed by atoms with Crippen LogP contribution in [0.5, 0.6) is 0 Å². The van der Waals surface area contributed by atoms with Gasteiger partial charge in [0.05, 0.1) is 6.10 Å². The minimum atomic E-state index is 0.0984. The molecule has 0 bridgehead atoms. The van der Waals surface area contributed by atoms with Gasteiger partial charge in [-0.05, 0) is 26.0 Å². The van der Waals surface area contributed by atoms with E-state index in [2.05, 4.69) is 43.0 Å². The number of likely N-dealkylation sites (N-methyl/N-ethyl adjacent to an activating group) is 1. The van der Waals surface area contributed by atoms with E-state index in [0.29, 0.717) is 6.54 Å². The zero-order valence-electron chi connectivity index (χ0n) is 10.4. The van der Waals surface area contributed by atoms with Gasteiger partial charge in [0.2, 0.25) is 0 Å². The van der Waals surface area contributed by atoms with Crippen molar-refractivity contribution >= 4 is 5.69 Å². The molecule has 1 rings (SSSR count). The second-order valence-corrected chi connectivity index (χ2v) is 3.97. The number of hydrogen-bond donors (Lipinski definition) is 1. The van der Waals surface area contributed by atoms with Gasteiger partial charge in [-0.15, -0.1) is 0 Å². The number of rotatable bonds is 6. The van der Waals surface area contributed by atoms with Crippen molar-refractivity contribution in [3.05, 3.63) is 29.8 Å². The van der Waals surface area contributed by atoms with Gasteiger partial charge in [-0.25, -0.2) is 0 Å². The second kappa shape index (κ2) is 6.51. The largest absolute Gasteiger partial charge is 0.378 e. The molecule has 0 radical (unpaired) electrons. The lowest BCUT2D eigenvalue weighted by atomic mass is 10.2. The maximum absolute atomic E-state index is 5.64. The average Bonchev–Trinajstić information content (AvgIpc) is 2.32. The molecule has 0 spiro atoms. The first-order valence-electron chi connectivity index (χ1n) is 5.75. The van der Waals surface area contributed by atoms with Crippen molar-refractivity contribution in [3.63, 3.8) is 0 Å². The van der Waals surface area contributed by atoms with E-state index in [1.807, 2.05) is 0 Å². The summed E-state index contributed by atoms with van der Waals surface area (Å²) in [6, 6.07) is 8.54. The molecule has 16 heavy (non-hydrogen) atoms. The SMILES string of the molecule is CCN(CC(CN)OC)c1ccc(C)cc1. The van der Waals surface area contributed by atoms with Gasteiger partial charge in [0, 0.05) is 32.4 Å². The molecule has 0 amide bonds. The van der Waals surface area contributed by atoms with Crippen LogP contribution in [0.4, 0.5) is 5.69 Å². The van der Waals surface area contributed by atoms with Crippen LogP contribution in [0.15, 0.2) is 24.3 Å². The van der Waals surface area contributed by atoms with E-state index >= 15 is 0 Å². The number of aryl methyl sites for hydroxylation is 1. The molecule has 0 aliphatic carbocycles. The number of benzene rings is 1. The molecule has 0 aliphatic rings. The van der Waals surface area contributed by atoms with Gasteiger partial charge in [0.1, 0.15) is 0 Å². The fourth-order valence-corrected chi connectivity index (χ4v) is 1.66. The monoisotopic (exact) mass is 222 g/mol. The Morgan fingerprint density at radius 2 is 1.94 bits per heavy atom. The summed E-state index contributed by atoms with van der Waals surface area (Å²) in [5.41, 5.74) is 8.14. The zero-order chi connectivity index (χ0) is 12.0. The molecule has 3 nitrogen and oxygen atoms in total. The topological polar surface area (TPSA) is 38.5 Å². The molecule has 1 aromatic rings. The molecular formula is C13H22N2O. The summed E-state index contributed by atoms with van der Waals surface area (Å²) in [6.45, 7) is 6.59. The lowest BCUT2D eigenvalue weighted by molar-refractivity contribution is 0.114. The normalized spacial score (nSPS) is 12.5. The Balaban J connectivity index is 2.70. The Labute approximate surface area is 98.2 Å². The predicted octanol–water partition coefficient (Wildman–Crippen LogP) is 1.80. The van der Waals surface area contributed by atoms with Crippen molar-refractivity contribution in [1.82, 2.24) is 0 Å². The third-order valence-corrected chi connectivity index (χ3v) is 2.80. The number of hydrogen-bond acceptors (Lipinski definition) is 3. The summed E-state index contributed by atoms with van der Waals surface area (Å²) in [5.74, 6) is 0. The van der Waals surface area contributed by atoms with Crippen LogP contribution in [0, 0.1) is 6.92 Å². The molecule has 1 aromatic carbocycles. The van der Waals surface area contributed by atoms with Crippen LogP contribution in [-0.2, 0) is 4.74 Å². The average molecular weight is 222 g/mol. The highest BCUT2D eigenvalue weighted by Gasteiger charge is 2.11. The fraction of sp³-hybridized carbons (Fsp3) is 0.538. The van der Waals surface area contributed by atoms with E-state index < -0.39 is 0 Å². The van der Waals surface area contributed by atoms with Gasteiger partial charge in [-0.1, -0.05) is 17.7 Å². The summed E-state index contributed by atoms with van der Waals surface area (Å²) < 4.78 is 5.31. The van der Waals surface area contributed by atoms with Gasteiger partial charge in [-0.2, -0.15) is 0 Å². The lowest BCUT2D eigenvalue weighted by Gasteiger charge is -2.27. The van der Waals surface area contributed by atoms with E-state index in [9.17, 15) is 0 Å². The maximum Gasteiger partial charge on any atom is 0.0867 e. The predicted molar refractivity (Wildman–Crippen MR) is 68.9 cm³/mol. The Kier molecular flexibility index (Phi) is 5.29. The molecule has 0 heterocycles. The first kappa shape index (κ1) is 13.0. The highest BCUT2D eigenvalue weighted by atomic mass is 16.5. The van der Waals surface area contributed by atoms with E-state index in [1.54, 1.807) is 7.11 Å². The standard InChI is InChI=1S/C13H22N2O/c1-4-15(10-13(9-14)16-3)12-7-5-11(2)6-8-12/h5-8,13H,4,9-10,14H2,1-3H3. The van der Waals surface area contributed by atoms with Gasteiger partial charge in [0.25, 0.3) is 0 Å². The molecule has 0 aliphatic heterocycles. The van der Waals surface area contributed by atoms with Crippen molar-refractivity contribution in [2.75, 3.05) is 31.6 Å². The van der Waals surface area contributed by atoms with Crippen LogP contribution in [0.2, 0.25) is 0 Å². The Morgan fingerprint density at radius 1 is 1.31 bits per heavy atom. The van der Waals surface area contributed by atoms with E-state index in [-0.39, 0.29) is 6.10 Å². The quantitative estimate of drug-likeness (QED) is 0.797. The van der Waals surface area contributed by atoms with Crippen molar-refractivity contribution < 1.29 is 4.74 Å². The summed E-state index contributed by atoms with van der Waals surface area (Å²) in [5, 5.41) is 0. The second-order valence-electron chi connectivity index (χ2n) is 3.97. The summed E-state index contributed by atoms with van der Waals surface area (Å²) >= 11 is 0. The molecule has 2 N–H and O–H groups in total. The van der Waals surface area contributed by atoms with Crippen LogP contribution >= 0.6 is 0 Å². The van der Waals surface area contributed by atoms with Gasteiger partial charge >= 0.3 is 0 Å². The molecule has 1 atom stereocenters. The van der Waals surface area contributed by atoms with Crippen LogP contribution in [0.1, 0.15) is 12.5 Å². The third-order valence-electron chi connectivity index (χ3n) is 2.80. The van der Waals surface area contributed by atoms with Gasteiger partial charge in [0.15, 0.2) is 0 Å². The summed E-state index contributed by atoms with van der Waals surface area (Å²) in [6.07, 6.45) is 0.0984. The summed E-state index contributed by atoms with van der Waals surface area (Å²) in [7, 11) is 1.71. The van der Waals surface area contributed by atoms with Crippen LogP contribution in [0.25, 0.3) is 0 Å². The number of nitrogens with zero attached hydrogens (tertiary/aromatic N) is 1. The Hall–Kier alpha value is -1.06. The highest BCUT2D eigenvalue weighted by molar-refractivity contribution is 5.47. The fourth-order valence-electron chi connectivity index (χ4n) is 1.66. The van der Waals surface area contributed by atoms with Gasteiger partial charge in [-0.3, -0.25) is 0 Å². The molecular weight excluding hydrogens is 200 g/mol. The maximum atomic E-state index is 5.64. The molecule has 0 fully saturated rings. The lowest BCUT2D eigenvalue weighted by Crippen LogP contribution is -2.37. The van der Waals surface area contributed by atoms with Crippen LogP contribution in [0.3, 0.4) is 0 Å². The van der Waals surface area contributed by atoms with E-state index in [4.69, 9.17) is 10.5 Å². The van der Waals surface area contributed by atoms with Crippen molar-refractivity contribution in [1.29, 1.82) is 0 Å². The smallest absolute Gasteiger partial charge is 0.0867 e. The molecule has 3 heteroatoms. The zero-order valence-corrected chi connectivity index (χ0v) is 10.4. The molecule has 0 aromatic heterocycles. The van der Waals surface area contributed by atoms with Gasteiger partial charge < -0.3 is 15.4 Å². The minimum Gasteiger partial charge on any atom is -0.378 e. The number of nitrogens with two attached hydrogens (primary N) is 1. The highest BCUT2D eigenvalue weighted by Crippen LogP contribution is 2.15. The molecule has 1 unspecified atom stereocenters. The summed E-state index contributed by atoms with van der Waals surface area (Å²) in [4.78, 5) is 2.28. The Morgan fingerprint density at radius 3 is 2.38 bits per heavy atom. The van der Waals surface area contributed by atoms with Crippen molar-refractivity contribution in [3.8, 4) is 0 Å².